The molecule has 0 aliphatic carbocycles. The highest BCUT2D eigenvalue weighted by atomic mass is 16.3. The van der Waals surface area contributed by atoms with Crippen LogP contribution in [0.3, 0.4) is 0 Å². The highest BCUT2D eigenvalue weighted by molar-refractivity contribution is 5.17. The lowest BCUT2D eigenvalue weighted by atomic mass is 9.82. The number of aliphatic hydroxyl groups excluding tert-OH is 1. The van der Waals surface area contributed by atoms with Crippen LogP contribution in [0.1, 0.15) is 31.9 Å². The number of nitrogens with zero attached hydrogens (tertiary/aromatic N) is 1. The number of rotatable bonds is 8. The maximum absolute atomic E-state index is 10.9. The Labute approximate surface area is 146 Å². The molecule has 0 aromatic heterocycles. The second kappa shape index (κ2) is 8.43. The molecule has 2 atom stereocenters. The van der Waals surface area contributed by atoms with E-state index >= 15 is 0 Å². The van der Waals surface area contributed by atoms with Crippen molar-refractivity contribution in [3.8, 4) is 0 Å². The average Bonchev–Trinajstić information content (AvgIpc) is 2.61. The van der Waals surface area contributed by atoms with Crippen molar-refractivity contribution < 1.29 is 5.11 Å². The summed E-state index contributed by atoms with van der Waals surface area (Å²) in [4.78, 5) is 2.33. The first-order chi connectivity index (χ1) is 11.4. The average molecular weight is 326 g/mol. The van der Waals surface area contributed by atoms with Gasteiger partial charge in [0.15, 0.2) is 0 Å². The van der Waals surface area contributed by atoms with Crippen molar-refractivity contribution in [2.24, 2.45) is 11.1 Å². The molecule has 3 nitrogen and oxygen atoms in total. The molecular weight excluding hydrogens is 296 g/mol. The molecule has 24 heavy (non-hydrogen) atoms. The fraction of sp³-hybridized carbons (Fsp3) is 0.429. The maximum atomic E-state index is 10.9. The van der Waals surface area contributed by atoms with Crippen LogP contribution in [-0.4, -0.2) is 28.7 Å². The first kappa shape index (κ1) is 18.7. The number of hydrogen-bond donors (Lipinski definition) is 2. The van der Waals surface area contributed by atoms with Crippen LogP contribution in [0.5, 0.6) is 0 Å². The van der Waals surface area contributed by atoms with E-state index in [1.165, 1.54) is 11.1 Å². The molecule has 0 saturated heterocycles. The van der Waals surface area contributed by atoms with Gasteiger partial charge in [-0.3, -0.25) is 4.90 Å². The summed E-state index contributed by atoms with van der Waals surface area (Å²) in [7, 11) is 0. The van der Waals surface area contributed by atoms with E-state index in [-0.39, 0.29) is 11.5 Å². The van der Waals surface area contributed by atoms with Crippen LogP contribution < -0.4 is 5.73 Å². The Kier molecular flexibility index (Phi) is 6.55. The highest BCUT2D eigenvalue weighted by Gasteiger charge is 2.33. The molecule has 2 aromatic rings. The van der Waals surface area contributed by atoms with Gasteiger partial charge < -0.3 is 10.8 Å². The number of benzene rings is 2. The molecule has 0 saturated carbocycles. The van der Waals surface area contributed by atoms with Gasteiger partial charge in [-0.2, -0.15) is 0 Å². The SMILES string of the molecule is C[C@@H]([C@H](O)C(C)(C)CN)N(Cc1ccccc1)Cc1ccccc1. The fourth-order valence-electron chi connectivity index (χ4n) is 2.95. The van der Waals surface area contributed by atoms with E-state index in [1.54, 1.807) is 0 Å². The van der Waals surface area contributed by atoms with Crippen molar-refractivity contribution in [2.75, 3.05) is 6.54 Å². The van der Waals surface area contributed by atoms with Crippen LogP contribution in [0.4, 0.5) is 0 Å². The van der Waals surface area contributed by atoms with Gasteiger partial charge in [0.2, 0.25) is 0 Å². The van der Waals surface area contributed by atoms with Gasteiger partial charge >= 0.3 is 0 Å². The summed E-state index contributed by atoms with van der Waals surface area (Å²) in [6.07, 6.45) is -0.491. The Morgan fingerprint density at radius 2 is 1.33 bits per heavy atom. The molecule has 0 fully saturated rings. The fourth-order valence-corrected chi connectivity index (χ4v) is 2.95. The van der Waals surface area contributed by atoms with Crippen LogP contribution in [0, 0.1) is 5.41 Å². The first-order valence-corrected chi connectivity index (χ1v) is 8.64. The third kappa shape index (κ3) is 4.91. The third-order valence-electron chi connectivity index (χ3n) is 4.82. The summed E-state index contributed by atoms with van der Waals surface area (Å²) in [5.74, 6) is 0. The summed E-state index contributed by atoms with van der Waals surface area (Å²) in [6.45, 7) is 8.20. The van der Waals surface area contributed by atoms with Gasteiger partial charge in [0.25, 0.3) is 0 Å². The predicted molar refractivity (Wildman–Crippen MR) is 100 cm³/mol. The normalized spacial score (nSPS) is 14.6. The van der Waals surface area contributed by atoms with Crippen molar-refractivity contribution in [1.29, 1.82) is 0 Å². The Morgan fingerprint density at radius 3 is 1.71 bits per heavy atom. The smallest absolute Gasteiger partial charge is 0.0755 e. The minimum atomic E-state index is -0.491. The van der Waals surface area contributed by atoms with E-state index in [0.29, 0.717) is 6.54 Å². The molecule has 3 heteroatoms. The second-order valence-electron chi connectivity index (χ2n) is 7.25. The van der Waals surface area contributed by atoms with Crippen LogP contribution in [0.2, 0.25) is 0 Å². The largest absolute Gasteiger partial charge is 0.391 e. The van der Waals surface area contributed by atoms with Crippen LogP contribution >= 0.6 is 0 Å². The first-order valence-electron chi connectivity index (χ1n) is 8.64. The van der Waals surface area contributed by atoms with Gasteiger partial charge in [0.05, 0.1) is 6.10 Å². The lowest BCUT2D eigenvalue weighted by Gasteiger charge is -2.39. The van der Waals surface area contributed by atoms with E-state index in [0.717, 1.165) is 13.1 Å². The van der Waals surface area contributed by atoms with Gasteiger partial charge in [-0.05, 0) is 24.6 Å². The monoisotopic (exact) mass is 326 g/mol. The van der Waals surface area contributed by atoms with Crippen LogP contribution in [0.25, 0.3) is 0 Å². The molecule has 0 unspecified atom stereocenters. The summed E-state index contributed by atoms with van der Waals surface area (Å²) in [5.41, 5.74) is 8.05. The van der Waals surface area contributed by atoms with Crippen molar-refractivity contribution in [1.82, 2.24) is 4.90 Å². The summed E-state index contributed by atoms with van der Waals surface area (Å²) in [6, 6.07) is 20.8. The Bertz CT molecular complexity index is 556. The van der Waals surface area contributed by atoms with E-state index in [2.05, 4.69) is 60.4 Å². The summed E-state index contributed by atoms with van der Waals surface area (Å²) < 4.78 is 0. The zero-order valence-electron chi connectivity index (χ0n) is 15.0. The van der Waals surface area contributed by atoms with Crippen molar-refractivity contribution >= 4 is 0 Å². The minimum Gasteiger partial charge on any atom is -0.391 e. The Balaban J connectivity index is 2.21. The maximum Gasteiger partial charge on any atom is 0.0755 e. The number of nitrogens with two attached hydrogens (primary N) is 1. The molecule has 3 N–H and O–H groups in total. The number of aliphatic hydroxyl groups is 1. The lowest BCUT2D eigenvalue weighted by molar-refractivity contribution is -0.0224. The molecular formula is C21H30N2O. The number of hydrogen-bond acceptors (Lipinski definition) is 3. The molecule has 0 aliphatic rings. The van der Waals surface area contributed by atoms with Gasteiger partial charge in [-0.15, -0.1) is 0 Å². The molecule has 0 amide bonds. The molecule has 130 valence electrons. The van der Waals surface area contributed by atoms with Crippen molar-refractivity contribution in [3.05, 3.63) is 71.8 Å². The minimum absolute atomic E-state index is 0.00367. The van der Waals surface area contributed by atoms with Gasteiger partial charge in [-0.1, -0.05) is 74.5 Å². The molecule has 2 aromatic carbocycles. The van der Waals surface area contributed by atoms with Gasteiger partial charge in [-0.25, -0.2) is 0 Å². The zero-order chi connectivity index (χ0) is 17.6. The van der Waals surface area contributed by atoms with Crippen molar-refractivity contribution in [2.45, 2.75) is 46.0 Å². The lowest BCUT2D eigenvalue weighted by Crippen LogP contribution is -2.50. The molecule has 0 heterocycles. The third-order valence-corrected chi connectivity index (χ3v) is 4.82. The van der Waals surface area contributed by atoms with Gasteiger partial charge in [0, 0.05) is 24.5 Å². The molecule has 0 spiro atoms. The Hall–Kier alpha value is -1.68. The van der Waals surface area contributed by atoms with E-state index in [9.17, 15) is 5.11 Å². The van der Waals surface area contributed by atoms with Crippen LogP contribution in [-0.2, 0) is 13.1 Å². The molecule has 0 bridgehead atoms. The Morgan fingerprint density at radius 1 is 0.917 bits per heavy atom. The standard InChI is InChI=1S/C21H30N2O/c1-17(20(24)21(2,3)16-22)23(14-18-10-6-4-7-11-18)15-19-12-8-5-9-13-19/h4-13,17,20,24H,14-16,22H2,1-3H3/t17-,20-/m0/s1. The zero-order valence-corrected chi connectivity index (χ0v) is 15.0. The van der Waals surface area contributed by atoms with E-state index in [4.69, 9.17) is 5.73 Å². The molecule has 0 aliphatic heterocycles. The quantitative estimate of drug-likeness (QED) is 0.781. The topological polar surface area (TPSA) is 49.5 Å². The summed E-state index contributed by atoms with van der Waals surface area (Å²) in [5, 5.41) is 10.9. The van der Waals surface area contributed by atoms with Gasteiger partial charge in [0.1, 0.15) is 0 Å². The van der Waals surface area contributed by atoms with Crippen LogP contribution in [0.15, 0.2) is 60.7 Å². The molecule has 2 rings (SSSR count). The highest BCUT2D eigenvalue weighted by Crippen LogP contribution is 2.26. The summed E-state index contributed by atoms with van der Waals surface area (Å²) >= 11 is 0. The van der Waals surface area contributed by atoms with E-state index < -0.39 is 6.10 Å². The molecule has 0 radical (unpaired) electrons. The second-order valence-corrected chi connectivity index (χ2v) is 7.25. The van der Waals surface area contributed by atoms with Crippen molar-refractivity contribution in [3.63, 3.8) is 0 Å². The predicted octanol–water partition coefficient (Wildman–Crippen LogP) is 3.42. The van der Waals surface area contributed by atoms with E-state index in [1.807, 2.05) is 26.0 Å².